The first-order chi connectivity index (χ1) is 7.69. The van der Waals surface area contributed by atoms with Crippen molar-refractivity contribution in [2.45, 2.75) is 52.1 Å². The minimum absolute atomic E-state index is 0.238. The number of hydrogen-bond donors (Lipinski definition) is 1. The lowest BCUT2D eigenvalue weighted by Crippen LogP contribution is -2.45. The van der Waals surface area contributed by atoms with E-state index in [0.29, 0.717) is 23.9 Å². The van der Waals surface area contributed by atoms with Gasteiger partial charge in [-0.25, -0.2) is 0 Å². The van der Waals surface area contributed by atoms with Gasteiger partial charge in [0.05, 0.1) is 0 Å². The molecule has 3 unspecified atom stereocenters. The van der Waals surface area contributed by atoms with Gasteiger partial charge in [-0.3, -0.25) is 4.79 Å². The Kier molecular flexibility index (Phi) is 3.53. The molecular weight excluding hydrogens is 200 g/mol. The highest BCUT2D eigenvalue weighted by Gasteiger charge is 2.44. The van der Waals surface area contributed by atoms with Gasteiger partial charge in [0.15, 0.2) is 0 Å². The molecule has 92 valence electrons. The third kappa shape index (κ3) is 1.86. The van der Waals surface area contributed by atoms with Crippen LogP contribution in [0, 0.1) is 11.8 Å². The second-order valence-corrected chi connectivity index (χ2v) is 5.33. The molecule has 0 saturated carbocycles. The van der Waals surface area contributed by atoms with E-state index in [1.54, 1.807) is 0 Å². The lowest BCUT2D eigenvalue weighted by atomic mass is 10.0. The Morgan fingerprint density at radius 1 is 1.38 bits per heavy atom. The van der Waals surface area contributed by atoms with E-state index in [1.165, 1.54) is 6.42 Å². The number of fused-ring (bicyclic) bond motifs is 1. The van der Waals surface area contributed by atoms with Crippen LogP contribution in [-0.2, 0) is 4.79 Å². The summed E-state index contributed by atoms with van der Waals surface area (Å²) in [5.41, 5.74) is 0. The zero-order valence-electron chi connectivity index (χ0n) is 10.7. The van der Waals surface area contributed by atoms with Crippen LogP contribution in [-0.4, -0.2) is 36.0 Å². The number of nitrogens with zero attached hydrogens (tertiary/aromatic N) is 1. The van der Waals surface area contributed by atoms with Gasteiger partial charge in [-0.1, -0.05) is 13.8 Å². The van der Waals surface area contributed by atoms with E-state index in [2.05, 4.69) is 31.0 Å². The largest absolute Gasteiger partial charge is 0.335 e. The molecule has 2 heterocycles. The Hall–Kier alpha value is -0.570. The Labute approximate surface area is 98.6 Å². The zero-order valence-corrected chi connectivity index (χ0v) is 10.7. The van der Waals surface area contributed by atoms with Crippen LogP contribution in [0.5, 0.6) is 0 Å². The minimum Gasteiger partial charge on any atom is -0.335 e. The van der Waals surface area contributed by atoms with Crippen molar-refractivity contribution in [3.8, 4) is 0 Å². The van der Waals surface area contributed by atoms with Gasteiger partial charge in [0.1, 0.15) is 0 Å². The quantitative estimate of drug-likeness (QED) is 0.790. The summed E-state index contributed by atoms with van der Waals surface area (Å²) in [6, 6.07) is 0.924. The zero-order chi connectivity index (χ0) is 11.7. The van der Waals surface area contributed by atoms with Crippen molar-refractivity contribution in [1.82, 2.24) is 10.2 Å². The molecule has 0 aromatic rings. The first-order valence-electron chi connectivity index (χ1n) is 6.71. The number of hydrogen-bond acceptors (Lipinski definition) is 2. The average molecular weight is 224 g/mol. The van der Waals surface area contributed by atoms with Crippen LogP contribution in [0.15, 0.2) is 0 Å². The van der Waals surface area contributed by atoms with Crippen LogP contribution in [0.1, 0.15) is 40.0 Å². The number of likely N-dealkylation sites (tertiary alicyclic amines) is 1. The van der Waals surface area contributed by atoms with Crippen molar-refractivity contribution < 1.29 is 4.79 Å². The highest BCUT2D eigenvalue weighted by molar-refractivity contribution is 5.80. The molecule has 0 spiro atoms. The smallest absolute Gasteiger partial charge is 0.226 e. The number of rotatable bonds is 3. The van der Waals surface area contributed by atoms with Crippen LogP contribution >= 0.6 is 0 Å². The first-order valence-corrected chi connectivity index (χ1v) is 6.71. The molecule has 0 aromatic heterocycles. The Morgan fingerprint density at radius 3 is 2.69 bits per heavy atom. The molecule has 0 aromatic carbocycles. The van der Waals surface area contributed by atoms with Crippen molar-refractivity contribution in [2.24, 2.45) is 11.8 Å². The van der Waals surface area contributed by atoms with Gasteiger partial charge < -0.3 is 10.2 Å². The predicted molar refractivity (Wildman–Crippen MR) is 65.1 cm³/mol. The SMILES string of the molecule is CCC(CC)C(=O)N1C(C)CC2CNCC21. The van der Waals surface area contributed by atoms with Gasteiger partial charge in [-0.2, -0.15) is 0 Å². The lowest BCUT2D eigenvalue weighted by Gasteiger charge is -2.31. The van der Waals surface area contributed by atoms with Crippen LogP contribution in [0.3, 0.4) is 0 Å². The van der Waals surface area contributed by atoms with Crippen LogP contribution < -0.4 is 5.32 Å². The summed E-state index contributed by atoms with van der Waals surface area (Å²) in [6.45, 7) is 8.55. The summed E-state index contributed by atoms with van der Waals surface area (Å²) in [7, 11) is 0. The maximum Gasteiger partial charge on any atom is 0.226 e. The maximum atomic E-state index is 12.5. The van der Waals surface area contributed by atoms with E-state index in [9.17, 15) is 4.79 Å². The minimum atomic E-state index is 0.238. The molecule has 2 aliphatic heterocycles. The Balaban J connectivity index is 2.10. The third-order valence-electron chi connectivity index (χ3n) is 4.37. The molecule has 3 nitrogen and oxygen atoms in total. The lowest BCUT2D eigenvalue weighted by molar-refractivity contribution is -0.138. The second kappa shape index (κ2) is 4.74. The van der Waals surface area contributed by atoms with Crippen LogP contribution in [0.2, 0.25) is 0 Å². The van der Waals surface area contributed by atoms with E-state index in [1.807, 2.05) is 0 Å². The van der Waals surface area contributed by atoms with Crippen LogP contribution in [0.25, 0.3) is 0 Å². The van der Waals surface area contributed by atoms with Gasteiger partial charge in [0.2, 0.25) is 5.91 Å². The third-order valence-corrected chi connectivity index (χ3v) is 4.37. The number of nitrogens with one attached hydrogen (secondary N) is 1. The average Bonchev–Trinajstić information content (AvgIpc) is 2.78. The van der Waals surface area contributed by atoms with E-state index in [-0.39, 0.29) is 5.92 Å². The van der Waals surface area contributed by atoms with Gasteiger partial charge in [-0.05, 0) is 32.1 Å². The second-order valence-electron chi connectivity index (χ2n) is 5.33. The normalized spacial score (nSPS) is 33.5. The molecule has 3 atom stereocenters. The standard InChI is InChI=1S/C13H24N2O/c1-4-10(5-2)13(16)15-9(3)6-11-7-14-8-12(11)15/h9-12,14H,4-8H2,1-3H3. The summed E-state index contributed by atoms with van der Waals surface area (Å²) in [4.78, 5) is 14.6. The monoisotopic (exact) mass is 224 g/mol. The van der Waals surface area contributed by atoms with Crippen molar-refractivity contribution in [2.75, 3.05) is 13.1 Å². The van der Waals surface area contributed by atoms with E-state index in [4.69, 9.17) is 0 Å². The van der Waals surface area contributed by atoms with Crippen molar-refractivity contribution in [3.05, 3.63) is 0 Å². The summed E-state index contributed by atoms with van der Waals surface area (Å²) in [5.74, 6) is 1.34. The van der Waals surface area contributed by atoms with Crippen molar-refractivity contribution >= 4 is 5.91 Å². The fraction of sp³-hybridized carbons (Fsp3) is 0.923. The van der Waals surface area contributed by atoms with E-state index >= 15 is 0 Å². The molecule has 16 heavy (non-hydrogen) atoms. The fourth-order valence-electron chi connectivity index (χ4n) is 3.39. The Bertz CT molecular complexity index is 263. The highest BCUT2D eigenvalue weighted by atomic mass is 16.2. The molecule has 0 bridgehead atoms. The molecule has 2 saturated heterocycles. The Morgan fingerprint density at radius 2 is 2.06 bits per heavy atom. The van der Waals surface area contributed by atoms with Gasteiger partial charge >= 0.3 is 0 Å². The highest BCUT2D eigenvalue weighted by Crippen LogP contribution is 2.33. The summed E-state index contributed by atoms with van der Waals surface area (Å²) in [5, 5.41) is 3.41. The topological polar surface area (TPSA) is 32.3 Å². The van der Waals surface area contributed by atoms with Crippen molar-refractivity contribution in [1.29, 1.82) is 0 Å². The summed E-state index contributed by atoms with van der Waals surface area (Å²) >= 11 is 0. The molecule has 2 aliphatic rings. The van der Waals surface area contributed by atoms with Crippen LogP contribution in [0.4, 0.5) is 0 Å². The van der Waals surface area contributed by atoms with Crippen molar-refractivity contribution in [3.63, 3.8) is 0 Å². The van der Waals surface area contributed by atoms with E-state index < -0.39 is 0 Å². The van der Waals surface area contributed by atoms with Gasteiger partial charge in [0.25, 0.3) is 0 Å². The van der Waals surface area contributed by atoms with E-state index in [0.717, 1.165) is 25.9 Å². The molecule has 0 radical (unpaired) electrons. The molecule has 2 fully saturated rings. The number of amides is 1. The van der Waals surface area contributed by atoms with Gasteiger partial charge in [-0.15, -0.1) is 0 Å². The maximum absolute atomic E-state index is 12.5. The first kappa shape index (κ1) is 11.9. The summed E-state index contributed by atoms with van der Waals surface area (Å²) in [6.07, 6.45) is 3.14. The molecule has 1 N–H and O–H groups in total. The number of carbonyl (C=O) groups excluding carboxylic acids is 1. The fourth-order valence-corrected chi connectivity index (χ4v) is 3.39. The van der Waals surface area contributed by atoms with Gasteiger partial charge in [0, 0.05) is 31.1 Å². The molecule has 0 aliphatic carbocycles. The number of carbonyl (C=O) groups is 1. The molecule has 3 heteroatoms. The molecular formula is C13H24N2O. The molecule has 1 amide bonds. The predicted octanol–water partition coefficient (Wildman–Crippen LogP) is 1.63. The summed E-state index contributed by atoms with van der Waals surface area (Å²) < 4.78 is 0. The molecule has 2 rings (SSSR count).